The van der Waals surface area contributed by atoms with Crippen LogP contribution in [0.2, 0.25) is 0 Å². The van der Waals surface area contributed by atoms with Crippen LogP contribution in [-0.4, -0.2) is 14.7 Å². The summed E-state index contributed by atoms with van der Waals surface area (Å²) in [5.41, 5.74) is 0. The number of aromatic nitrogens is 2. The van der Waals surface area contributed by atoms with Gasteiger partial charge in [-0.2, -0.15) is 0 Å². The Kier molecular flexibility index (Phi) is 3.99. The number of aliphatic hydroxyl groups excluding tert-OH is 1. The first-order valence-electron chi connectivity index (χ1n) is 6.44. The maximum Gasteiger partial charge on any atom is 0.137 e. The van der Waals surface area contributed by atoms with Crippen LogP contribution >= 0.6 is 0 Å². The summed E-state index contributed by atoms with van der Waals surface area (Å²) in [4.78, 5) is 4.26. The molecule has 90 valence electrons. The van der Waals surface area contributed by atoms with Crippen LogP contribution in [-0.2, 0) is 7.05 Å². The van der Waals surface area contributed by atoms with Crippen LogP contribution in [0.15, 0.2) is 12.4 Å². The van der Waals surface area contributed by atoms with E-state index in [0.717, 1.165) is 18.7 Å². The maximum atomic E-state index is 10.3. The second-order valence-corrected chi connectivity index (χ2v) is 4.95. The highest BCUT2D eigenvalue weighted by molar-refractivity contribution is 4.97. The average Bonchev–Trinajstić information content (AvgIpc) is 2.63. The van der Waals surface area contributed by atoms with Crippen molar-refractivity contribution in [1.29, 1.82) is 0 Å². The molecule has 1 saturated carbocycles. The quantitative estimate of drug-likeness (QED) is 0.835. The largest absolute Gasteiger partial charge is 0.385 e. The van der Waals surface area contributed by atoms with Crippen molar-refractivity contribution >= 4 is 0 Å². The summed E-state index contributed by atoms with van der Waals surface area (Å²) in [6, 6.07) is 0. The standard InChI is InChI=1S/C13H22N2O/c1-15-10-9-14-13(15)12(16)11-7-5-3-2-4-6-8-11/h9-12,16H,2-8H2,1H3. The number of rotatable bonds is 2. The molecule has 1 aliphatic rings. The molecule has 0 bridgehead atoms. The lowest BCUT2D eigenvalue weighted by Crippen LogP contribution is -2.17. The van der Waals surface area contributed by atoms with E-state index in [2.05, 4.69) is 4.98 Å². The molecule has 1 aromatic rings. The van der Waals surface area contributed by atoms with Gasteiger partial charge in [0, 0.05) is 19.4 Å². The van der Waals surface area contributed by atoms with Gasteiger partial charge in [-0.15, -0.1) is 0 Å². The van der Waals surface area contributed by atoms with E-state index in [0.29, 0.717) is 5.92 Å². The molecule has 1 atom stereocenters. The average molecular weight is 222 g/mol. The Morgan fingerprint density at radius 3 is 2.44 bits per heavy atom. The van der Waals surface area contributed by atoms with E-state index in [-0.39, 0.29) is 6.10 Å². The topological polar surface area (TPSA) is 38.0 Å². The Hall–Kier alpha value is -0.830. The monoisotopic (exact) mass is 222 g/mol. The van der Waals surface area contributed by atoms with Gasteiger partial charge in [0.1, 0.15) is 11.9 Å². The Morgan fingerprint density at radius 2 is 1.88 bits per heavy atom. The lowest BCUT2D eigenvalue weighted by atomic mass is 9.87. The van der Waals surface area contributed by atoms with Crippen LogP contribution in [0.5, 0.6) is 0 Å². The Morgan fingerprint density at radius 1 is 1.25 bits per heavy atom. The molecule has 1 aliphatic carbocycles. The molecule has 0 spiro atoms. The zero-order valence-electron chi connectivity index (χ0n) is 10.1. The van der Waals surface area contributed by atoms with E-state index in [9.17, 15) is 5.11 Å². The Labute approximate surface area is 97.5 Å². The molecule has 0 radical (unpaired) electrons. The van der Waals surface area contributed by atoms with Crippen molar-refractivity contribution in [1.82, 2.24) is 9.55 Å². The van der Waals surface area contributed by atoms with Crippen LogP contribution in [0.4, 0.5) is 0 Å². The molecule has 0 aliphatic heterocycles. The molecule has 1 fully saturated rings. The summed E-state index contributed by atoms with van der Waals surface area (Å²) >= 11 is 0. The molecule has 1 unspecified atom stereocenters. The third-order valence-electron chi connectivity index (χ3n) is 3.72. The minimum atomic E-state index is -0.377. The number of hydrogen-bond donors (Lipinski definition) is 1. The first-order valence-corrected chi connectivity index (χ1v) is 6.44. The highest BCUT2D eigenvalue weighted by atomic mass is 16.3. The van der Waals surface area contributed by atoms with Gasteiger partial charge in [0.2, 0.25) is 0 Å². The van der Waals surface area contributed by atoms with Crippen molar-refractivity contribution < 1.29 is 5.11 Å². The van der Waals surface area contributed by atoms with Gasteiger partial charge in [-0.3, -0.25) is 0 Å². The van der Waals surface area contributed by atoms with Gasteiger partial charge in [-0.25, -0.2) is 4.98 Å². The lowest BCUT2D eigenvalue weighted by Gasteiger charge is -2.24. The molecule has 1 heterocycles. The molecule has 16 heavy (non-hydrogen) atoms. The first kappa shape index (κ1) is 11.6. The number of aliphatic hydroxyl groups is 1. The molecular weight excluding hydrogens is 200 g/mol. The van der Waals surface area contributed by atoms with Crippen LogP contribution < -0.4 is 0 Å². The molecule has 1 aromatic heterocycles. The van der Waals surface area contributed by atoms with Crippen LogP contribution in [0.25, 0.3) is 0 Å². The summed E-state index contributed by atoms with van der Waals surface area (Å²) in [6.45, 7) is 0. The predicted octanol–water partition coefficient (Wildman–Crippen LogP) is 2.81. The van der Waals surface area contributed by atoms with E-state index >= 15 is 0 Å². The number of imidazole rings is 1. The molecule has 0 amide bonds. The van der Waals surface area contributed by atoms with E-state index < -0.39 is 0 Å². The molecular formula is C13H22N2O. The van der Waals surface area contributed by atoms with Crippen molar-refractivity contribution in [3.05, 3.63) is 18.2 Å². The summed E-state index contributed by atoms with van der Waals surface area (Å²) in [6.07, 6.45) is 12.1. The smallest absolute Gasteiger partial charge is 0.137 e. The van der Waals surface area contributed by atoms with Crippen molar-refractivity contribution in [2.45, 2.75) is 51.0 Å². The second-order valence-electron chi connectivity index (χ2n) is 4.95. The van der Waals surface area contributed by atoms with Gasteiger partial charge in [-0.1, -0.05) is 32.1 Å². The van der Waals surface area contributed by atoms with E-state index in [1.165, 1.54) is 32.1 Å². The lowest BCUT2D eigenvalue weighted by molar-refractivity contribution is 0.0809. The minimum absolute atomic E-state index is 0.377. The normalized spacial score (nSPS) is 21.4. The van der Waals surface area contributed by atoms with Gasteiger partial charge < -0.3 is 9.67 Å². The highest BCUT2D eigenvalue weighted by Gasteiger charge is 2.24. The van der Waals surface area contributed by atoms with Crippen molar-refractivity contribution in [3.8, 4) is 0 Å². The van der Waals surface area contributed by atoms with Crippen molar-refractivity contribution in [2.75, 3.05) is 0 Å². The zero-order valence-corrected chi connectivity index (χ0v) is 10.1. The Balaban J connectivity index is 2.02. The highest BCUT2D eigenvalue weighted by Crippen LogP contribution is 2.31. The SMILES string of the molecule is Cn1ccnc1C(O)C1CCCCCCC1. The second kappa shape index (κ2) is 5.48. The maximum absolute atomic E-state index is 10.3. The van der Waals surface area contributed by atoms with Gasteiger partial charge >= 0.3 is 0 Å². The number of hydrogen-bond acceptors (Lipinski definition) is 2. The predicted molar refractivity (Wildman–Crippen MR) is 64.0 cm³/mol. The Bertz CT molecular complexity index is 313. The summed E-state index contributed by atoms with van der Waals surface area (Å²) in [7, 11) is 1.95. The summed E-state index contributed by atoms with van der Waals surface area (Å²) in [5.74, 6) is 1.23. The molecule has 1 N–H and O–H groups in total. The molecule has 0 aromatic carbocycles. The number of nitrogens with zero attached hydrogens (tertiary/aromatic N) is 2. The van der Waals surface area contributed by atoms with Crippen LogP contribution in [0, 0.1) is 5.92 Å². The zero-order chi connectivity index (χ0) is 11.4. The van der Waals surface area contributed by atoms with E-state index in [4.69, 9.17) is 0 Å². The van der Waals surface area contributed by atoms with Gasteiger partial charge in [-0.05, 0) is 18.8 Å². The van der Waals surface area contributed by atoms with E-state index in [1.807, 2.05) is 17.8 Å². The van der Waals surface area contributed by atoms with Crippen LogP contribution in [0.1, 0.15) is 56.9 Å². The molecule has 2 rings (SSSR count). The van der Waals surface area contributed by atoms with Gasteiger partial charge in [0.25, 0.3) is 0 Å². The molecule has 0 saturated heterocycles. The van der Waals surface area contributed by atoms with Crippen LogP contribution in [0.3, 0.4) is 0 Å². The molecule has 3 nitrogen and oxygen atoms in total. The van der Waals surface area contributed by atoms with Crippen molar-refractivity contribution in [2.24, 2.45) is 13.0 Å². The van der Waals surface area contributed by atoms with Crippen molar-refractivity contribution in [3.63, 3.8) is 0 Å². The first-order chi connectivity index (χ1) is 7.79. The fourth-order valence-corrected chi connectivity index (χ4v) is 2.68. The number of aryl methyl sites for hydroxylation is 1. The summed E-state index contributed by atoms with van der Waals surface area (Å²) in [5, 5.41) is 10.3. The fraction of sp³-hybridized carbons (Fsp3) is 0.769. The third-order valence-corrected chi connectivity index (χ3v) is 3.72. The van der Waals surface area contributed by atoms with Gasteiger partial charge in [0.15, 0.2) is 0 Å². The fourth-order valence-electron chi connectivity index (χ4n) is 2.68. The van der Waals surface area contributed by atoms with E-state index in [1.54, 1.807) is 6.20 Å². The summed E-state index contributed by atoms with van der Waals surface area (Å²) < 4.78 is 1.93. The minimum Gasteiger partial charge on any atom is -0.385 e. The molecule has 3 heteroatoms. The third kappa shape index (κ3) is 2.64. The van der Waals surface area contributed by atoms with Gasteiger partial charge in [0.05, 0.1) is 0 Å².